The van der Waals surface area contributed by atoms with Gasteiger partial charge in [-0.05, 0) is 29.3 Å². The maximum Gasteiger partial charge on any atom is 0.0567 e. The number of nitrogens with one attached hydrogen (secondary N) is 2. The van der Waals surface area contributed by atoms with Crippen LogP contribution >= 0.6 is 0 Å². The van der Waals surface area contributed by atoms with Crippen LogP contribution in [0.4, 0.5) is 5.69 Å². The van der Waals surface area contributed by atoms with Gasteiger partial charge in [0.05, 0.1) is 12.2 Å². The second kappa shape index (κ2) is 5.40. The number of aromatic amines is 1. The zero-order valence-electron chi connectivity index (χ0n) is 10.5. The van der Waals surface area contributed by atoms with Crippen LogP contribution in [0.15, 0.2) is 66.9 Å². The third-order valence-corrected chi connectivity index (χ3v) is 3.03. The molecule has 0 spiro atoms. The standard InChI is InChI=1S/C16H15N3/c1-2-4-13(5-3-1)14-6-8-15(9-7-14)17-12-16-10-11-18-19-16/h1-11,17H,12H2,(H,18,19). The largest absolute Gasteiger partial charge is 0.379 e. The number of aromatic nitrogens is 2. The van der Waals surface area contributed by atoms with Gasteiger partial charge in [0.1, 0.15) is 0 Å². The third kappa shape index (κ3) is 2.83. The van der Waals surface area contributed by atoms with Gasteiger partial charge >= 0.3 is 0 Å². The van der Waals surface area contributed by atoms with E-state index in [-0.39, 0.29) is 0 Å². The number of hydrogen-bond acceptors (Lipinski definition) is 2. The molecule has 3 nitrogen and oxygen atoms in total. The normalized spacial score (nSPS) is 10.3. The molecule has 0 aliphatic rings. The molecule has 3 rings (SSSR count). The van der Waals surface area contributed by atoms with Gasteiger partial charge in [0.15, 0.2) is 0 Å². The molecular formula is C16H15N3. The Balaban J connectivity index is 1.69. The second-order valence-corrected chi connectivity index (χ2v) is 4.38. The van der Waals surface area contributed by atoms with E-state index in [1.165, 1.54) is 11.1 Å². The Morgan fingerprint density at radius 3 is 2.26 bits per heavy atom. The lowest BCUT2D eigenvalue weighted by Crippen LogP contribution is -1.99. The van der Waals surface area contributed by atoms with E-state index in [2.05, 4.69) is 64.0 Å². The molecule has 0 radical (unpaired) electrons. The highest BCUT2D eigenvalue weighted by Crippen LogP contribution is 2.21. The van der Waals surface area contributed by atoms with Crippen LogP contribution in [-0.4, -0.2) is 10.2 Å². The van der Waals surface area contributed by atoms with E-state index < -0.39 is 0 Å². The minimum Gasteiger partial charge on any atom is -0.379 e. The summed E-state index contributed by atoms with van der Waals surface area (Å²) in [6.07, 6.45) is 1.76. The predicted molar refractivity (Wildman–Crippen MR) is 77.8 cm³/mol. The molecule has 0 aliphatic carbocycles. The van der Waals surface area contributed by atoms with Crippen LogP contribution in [0.3, 0.4) is 0 Å². The molecule has 0 saturated heterocycles. The maximum atomic E-state index is 3.92. The number of nitrogens with zero attached hydrogens (tertiary/aromatic N) is 1. The molecule has 0 amide bonds. The molecular weight excluding hydrogens is 234 g/mol. The number of rotatable bonds is 4. The lowest BCUT2D eigenvalue weighted by atomic mass is 10.1. The van der Waals surface area contributed by atoms with Crippen molar-refractivity contribution in [2.24, 2.45) is 0 Å². The summed E-state index contributed by atoms with van der Waals surface area (Å²) in [7, 11) is 0. The highest BCUT2D eigenvalue weighted by Gasteiger charge is 1.98. The molecule has 2 aromatic carbocycles. The van der Waals surface area contributed by atoms with Gasteiger partial charge < -0.3 is 5.32 Å². The average Bonchev–Trinajstić information content (AvgIpc) is 3.00. The van der Waals surface area contributed by atoms with Crippen LogP contribution in [-0.2, 0) is 6.54 Å². The summed E-state index contributed by atoms with van der Waals surface area (Å²) in [6.45, 7) is 0.755. The van der Waals surface area contributed by atoms with Crippen molar-refractivity contribution in [1.29, 1.82) is 0 Å². The van der Waals surface area contributed by atoms with Crippen molar-refractivity contribution in [1.82, 2.24) is 10.2 Å². The average molecular weight is 249 g/mol. The predicted octanol–water partition coefficient (Wildman–Crippen LogP) is 3.69. The Kier molecular flexibility index (Phi) is 3.28. The Bertz CT molecular complexity index is 613. The minimum atomic E-state index is 0.755. The van der Waals surface area contributed by atoms with E-state index in [9.17, 15) is 0 Å². The molecule has 1 heterocycles. The van der Waals surface area contributed by atoms with Gasteiger partial charge in [-0.2, -0.15) is 5.10 Å². The Labute approximate surface area is 112 Å². The van der Waals surface area contributed by atoms with Crippen LogP contribution in [0, 0.1) is 0 Å². The highest BCUT2D eigenvalue weighted by atomic mass is 15.1. The van der Waals surface area contributed by atoms with Crippen molar-refractivity contribution in [2.75, 3.05) is 5.32 Å². The first-order valence-electron chi connectivity index (χ1n) is 6.29. The highest BCUT2D eigenvalue weighted by molar-refractivity contribution is 5.65. The number of anilines is 1. The molecule has 19 heavy (non-hydrogen) atoms. The Morgan fingerprint density at radius 2 is 1.58 bits per heavy atom. The van der Waals surface area contributed by atoms with Gasteiger partial charge in [-0.1, -0.05) is 42.5 Å². The zero-order valence-corrected chi connectivity index (χ0v) is 10.5. The first-order valence-corrected chi connectivity index (χ1v) is 6.29. The lowest BCUT2D eigenvalue weighted by molar-refractivity contribution is 0.981. The molecule has 3 heteroatoms. The summed E-state index contributed by atoms with van der Waals surface area (Å²) >= 11 is 0. The van der Waals surface area contributed by atoms with Gasteiger partial charge in [0.2, 0.25) is 0 Å². The minimum absolute atomic E-state index is 0.755. The van der Waals surface area contributed by atoms with E-state index >= 15 is 0 Å². The fourth-order valence-electron chi connectivity index (χ4n) is 1.99. The maximum absolute atomic E-state index is 3.92. The van der Waals surface area contributed by atoms with Crippen molar-refractivity contribution in [3.63, 3.8) is 0 Å². The Morgan fingerprint density at radius 1 is 0.842 bits per heavy atom. The fourth-order valence-corrected chi connectivity index (χ4v) is 1.99. The summed E-state index contributed by atoms with van der Waals surface area (Å²) in [6, 6.07) is 20.8. The van der Waals surface area contributed by atoms with Crippen molar-refractivity contribution >= 4 is 5.69 Å². The van der Waals surface area contributed by atoms with Gasteiger partial charge in [0, 0.05) is 11.9 Å². The quantitative estimate of drug-likeness (QED) is 0.740. The molecule has 94 valence electrons. The fraction of sp³-hybridized carbons (Fsp3) is 0.0625. The summed E-state index contributed by atoms with van der Waals surface area (Å²) < 4.78 is 0. The van der Waals surface area contributed by atoms with Gasteiger partial charge in [-0.25, -0.2) is 0 Å². The summed E-state index contributed by atoms with van der Waals surface area (Å²) in [5.74, 6) is 0. The molecule has 0 bridgehead atoms. The zero-order chi connectivity index (χ0) is 12.9. The smallest absolute Gasteiger partial charge is 0.0567 e. The lowest BCUT2D eigenvalue weighted by Gasteiger charge is -2.06. The van der Waals surface area contributed by atoms with Crippen LogP contribution in [0.1, 0.15) is 5.69 Å². The van der Waals surface area contributed by atoms with E-state index in [4.69, 9.17) is 0 Å². The molecule has 3 aromatic rings. The molecule has 0 atom stereocenters. The topological polar surface area (TPSA) is 40.7 Å². The van der Waals surface area contributed by atoms with Gasteiger partial charge in [0.25, 0.3) is 0 Å². The monoisotopic (exact) mass is 249 g/mol. The second-order valence-electron chi connectivity index (χ2n) is 4.38. The van der Waals surface area contributed by atoms with E-state index in [0.717, 1.165) is 17.9 Å². The third-order valence-electron chi connectivity index (χ3n) is 3.03. The van der Waals surface area contributed by atoms with Crippen LogP contribution in [0.5, 0.6) is 0 Å². The van der Waals surface area contributed by atoms with Crippen molar-refractivity contribution in [2.45, 2.75) is 6.54 Å². The number of H-pyrrole nitrogens is 1. The Hall–Kier alpha value is -2.55. The molecule has 1 aromatic heterocycles. The summed E-state index contributed by atoms with van der Waals surface area (Å²) in [5, 5.41) is 10.2. The van der Waals surface area contributed by atoms with E-state index in [1.807, 2.05) is 12.1 Å². The number of benzene rings is 2. The first kappa shape index (κ1) is 11.5. The number of hydrogen-bond donors (Lipinski definition) is 2. The molecule has 0 unspecified atom stereocenters. The molecule has 0 aliphatic heterocycles. The van der Waals surface area contributed by atoms with Crippen LogP contribution < -0.4 is 5.32 Å². The van der Waals surface area contributed by atoms with Crippen LogP contribution in [0.2, 0.25) is 0 Å². The summed E-state index contributed by atoms with van der Waals surface area (Å²) in [5.41, 5.74) is 4.65. The molecule has 0 fully saturated rings. The molecule has 0 saturated carbocycles. The van der Waals surface area contributed by atoms with Gasteiger partial charge in [-0.3, -0.25) is 5.10 Å². The van der Waals surface area contributed by atoms with Crippen molar-refractivity contribution in [3.8, 4) is 11.1 Å². The first-order chi connectivity index (χ1) is 9.42. The van der Waals surface area contributed by atoms with E-state index in [1.54, 1.807) is 6.20 Å². The van der Waals surface area contributed by atoms with Crippen LogP contribution in [0.25, 0.3) is 11.1 Å². The SMILES string of the molecule is c1ccc(-c2ccc(NCc3ccn[nH]3)cc2)cc1. The van der Waals surface area contributed by atoms with Crippen molar-refractivity contribution in [3.05, 3.63) is 72.6 Å². The van der Waals surface area contributed by atoms with E-state index in [0.29, 0.717) is 0 Å². The summed E-state index contributed by atoms with van der Waals surface area (Å²) in [4.78, 5) is 0. The van der Waals surface area contributed by atoms with Gasteiger partial charge in [-0.15, -0.1) is 0 Å². The van der Waals surface area contributed by atoms with Crippen molar-refractivity contribution < 1.29 is 0 Å². The molecule has 2 N–H and O–H groups in total.